The number of rotatable bonds is 7. The highest BCUT2D eigenvalue weighted by Gasteiger charge is 2.26. The highest BCUT2D eigenvalue weighted by molar-refractivity contribution is 5.85. The first kappa shape index (κ1) is 23.6. The minimum absolute atomic E-state index is 0.0166. The third-order valence-corrected chi connectivity index (χ3v) is 6.48. The Balaban J connectivity index is 1.58. The molecule has 4 aromatic rings. The van der Waals surface area contributed by atoms with Crippen LogP contribution in [0.25, 0.3) is 10.9 Å². The van der Waals surface area contributed by atoms with E-state index < -0.39 is 0 Å². The van der Waals surface area contributed by atoms with Gasteiger partial charge in [-0.2, -0.15) is 0 Å². The van der Waals surface area contributed by atoms with Crippen LogP contribution in [0.15, 0.2) is 79.0 Å². The lowest BCUT2D eigenvalue weighted by Gasteiger charge is -2.29. The molecule has 176 valence electrons. The number of nitrogens with one attached hydrogen (secondary N) is 1. The Hall–Kier alpha value is -3.53. The van der Waals surface area contributed by atoms with E-state index in [0.29, 0.717) is 5.75 Å². The molecule has 0 bridgehead atoms. The first-order valence-electron chi connectivity index (χ1n) is 11.9. The highest BCUT2D eigenvalue weighted by atomic mass is 16.5. The van der Waals surface area contributed by atoms with Crippen molar-refractivity contribution in [1.82, 2.24) is 9.88 Å². The monoisotopic (exact) mass is 454 g/mol. The summed E-state index contributed by atoms with van der Waals surface area (Å²) in [6.45, 7) is 8.67. The molecule has 0 aliphatic rings. The summed E-state index contributed by atoms with van der Waals surface area (Å²) in [5, 5.41) is 1.12. The number of hydrogen-bond acceptors (Lipinski definition) is 2. The van der Waals surface area contributed by atoms with E-state index in [9.17, 15) is 4.79 Å². The van der Waals surface area contributed by atoms with Gasteiger partial charge >= 0.3 is 0 Å². The molecule has 1 N–H and O–H groups in total. The highest BCUT2D eigenvalue weighted by Crippen LogP contribution is 2.33. The number of H-pyrrole nitrogens is 1. The van der Waals surface area contributed by atoms with Crippen molar-refractivity contribution >= 4 is 16.8 Å². The number of carbonyl (C=O) groups excluding carboxylic acids is 1. The van der Waals surface area contributed by atoms with Crippen LogP contribution in [-0.2, 0) is 16.6 Å². The summed E-state index contributed by atoms with van der Waals surface area (Å²) in [4.78, 5) is 18.5. The molecule has 1 aromatic heterocycles. The van der Waals surface area contributed by atoms with Gasteiger partial charge in [0.25, 0.3) is 5.91 Å². The molecule has 34 heavy (non-hydrogen) atoms. The number of ether oxygens (including phenoxy) is 1. The van der Waals surface area contributed by atoms with Gasteiger partial charge in [-0.25, -0.2) is 0 Å². The Bertz CT molecular complexity index is 1250. The average Bonchev–Trinajstić information content (AvgIpc) is 3.26. The molecule has 0 spiro atoms. The van der Waals surface area contributed by atoms with Crippen LogP contribution < -0.4 is 4.74 Å². The molecule has 4 rings (SSSR count). The second-order valence-electron chi connectivity index (χ2n) is 9.85. The number of aryl methyl sites for hydroxylation is 1. The summed E-state index contributed by atoms with van der Waals surface area (Å²) < 4.78 is 5.88. The number of aromatic amines is 1. The van der Waals surface area contributed by atoms with Crippen LogP contribution >= 0.6 is 0 Å². The Labute approximate surface area is 202 Å². The van der Waals surface area contributed by atoms with E-state index in [1.54, 1.807) is 4.90 Å². The largest absolute Gasteiger partial charge is 0.484 e. The summed E-state index contributed by atoms with van der Waals surface area (Å²) in [5.74, 6) is 0.625. The zero-order chi connectivity index (χ0) is 24.3. The van der Waals surface area contributed by atoms with E-state index in [0.717, 1.165) is 28.5 Å². The van der Waals surface area contributed by atoms with E-state index in [1.165, 1.54) is 11.1 Å². The third-order valence-electron chi connectivity index (χ3n) is 6.48. The van der Waals surface area contributed by atoms with Crippen molar-refractivity contribution in [3.63, 3.8) is 0 Å². The number of benzene rings is 3. The summed E-state index contributed by atoms with van der Waals surface area (Å²) in [5.41, 5.74) is 5.80. The maximum atomic E-state index is 13.3. The van der Waals surface area contributed by atoms with Gasteiger partial charge in [-0.3, -0.25) is 4.79 Å². The number of carbonyl (C=O) groups is 1. The van der Waals surface area contributed by atoms with Gasteiger partial charge in [0.05, 0.1) is 6.04 Å². The van der Waals surface area contributed by atoms with Crippen molar-refractivity contribution in [2.75, 3.05) is 13.7 Å². The normalized spacial score (nSPS) is 12.5. The van der Waals surface area contributed by atoms with Gasteiger partial charge in [-0.15, -0.1) is 0 Å². The molecule has 1 heterocycles. The maximum Gasteiger partial charge on any atom is 0.261 e. The van der Waals surface area contributed by atoms with E-state index in [4.69, 9.17) is 4.74 Å². The summed E-state index contributed by atoms with van der Waals surface area (Å²) in [6, 6.07) is 24.5. The van der Waals surface area contributed by atoms with Crippen LogP contribution in [0.4, 0.5) is 0 Å². The van der Waals surface area contributed by atoms with Gasteiger partial charge in [-0.1, -0.05) is 82.3 Å². The quantitative estimate of drug-likeness (QED) is 0.340. The molecule has 0 fully saturated rings. The number of amides is 1. The van der Waals surface area contributed by atoms with Crippen molar-refractivity contribution < 1.29 is 9.53 Å². The van der Waals surface area contributed by atoms with Crippen LogP contribution in [0, 0.1) is 0 Å². The molecule has 4 heteroatoms. The molecule has 3 aromatic carbocycles. The fourth-order valence-electron chi connectivity index (χ4n) is 4.31. The summed E-state index contributed by atoms with van der Waals surface area (Å²) >= 11 is 0. The van der Waals surface area contributed by atoms with Gasteiger partial charge in [0.15, 0.2) is 6.61 Å². The number of para-hydroxylation sites is 1. The van der Waals surface area contributed by atoms with Crippen molar-refractivity contribution in [2.45, 2.75) is 45.6 Å². The second kappa shape index (κ2) is 9.76. The van der Waals surface area contributed by atoms with Crippen LogP contribution in [0.1, 0.15) is 56.0 Å². The van der Waals surface area contributed by atoms with Gasteiger partial charge in [-0.05, 0) is 46.7 Å². The molecular formula is C30H34N2O2. The zero-order valence-electron chi connectivity index (χ0n) is 20.8. The number of fused-ring (bicyclic) bond motifs is 1. The topological polar surface area (TPSA) is 45.3 Å². The molecule has 1 atom stereocenters. The fourth-order valence-corrected chi connectivity index (χ4v) is 4.31. The lowest BCUT2D eigenvalue weighted by Crippen LogP contribution is -2.35. The van der Waals surface area contributed by atoms with Gasteiger partial charge in [0.2, 0.25) is 0 Å². The Kier molecular flexibility index (Phi) is 6.78. The van der Waals surface area contributed by atoms with E-state index in [1.807, 2.05) is 37.5 Å². The standard InChI is InChI=1S/C30H34N2O2/c1-6-21-11-13-22(14-12-21)29(26-19-31-27-10-8-7-9-25(26)27)32(5)28(33)20-34-24-17-15-23(16-18-24)30(2,3)4/h7-19,29,31H,6,20H2,1-5H3/t29-/m0/s1. The lowest BCUT2D eigenvalue weighted by molar-refractivity contribution is -0.133. The Morgan fingerprint density at radius 3 is 2.29 bits per heavy atom. The SMILES string of the molecule is CCc1ccc([C@@H](c2c[nH]c3ccccc23)N(C)C(=O)COc2ccc(C(C)(C)C)cc2)cc1. The predicted octanol–water partition coefficient (Wildman–Crippen LogP) is 6.65. The van der Waals surface area contributed by atoms with Crippen LogP contribution in [0.5, 0.6) is 5.75 Å². The van der Waals surface area contributed by atoms with Gasteiger partial charge in [0, 0.05) is 29.7 Å². The van der Waals surface area contributed by atoms with Crippen LogP contribution in [-0.4, -0.2) is 29.4 Å². The number of nitrogens with zero attached hydrogens (tertiary/aromatic N) is 1. The Morgan fingerprint density at radius 2 is 1.65 bits per heavy atom. The number of aromatic nitrogens is 1. The third kappa shape index (κ3) is 5.01. The lowest BCUT2D eigenvalue weighted by atomic mass is 9.87. The molecule has 0 aliphatic heterocycles. The molecule has 1 amide bonds. The molecule has 0 radical (unpaired) electrons. The predicted molar refractivity (Wildman–Crippen MR) is 139 cm³/mol. The molecule has 0 unspecified atom stereocenters. The minimum Gasteiger partial charge on any atom is -0.484 e. The smallest absolute Gasteiger partial charge is 0.261 e. The van der Waals surface area contributed by atoms with Crippen molar-refractivity contribution in [3.05, 3.63) is 101 Å². The first-order valence-corrected chi connectivity index (χ1v) is 11.9. The Morgan fingerprint density at radius 1 is 0.971 bits per heavy atom. The maximum absolute atomic E-state index is 13.3. The number of likely N-dealkylation sites (N-methyl/N-ethyl adjacent to an activating group) is 1. The molecule has 0 aliphatic carbocycles. The van der Waals surface area contributed by atoms with Crippen molar-refractivity contribution in [2.24, 2.45) is 0 Å². The van der Waals surface area contributed by atoms with Gasteiger partial charge < -0.3 is 14.6 Å². The molecule has 0 saturated carbocycles. The average molecular weight is 455 g/mol. The van der Waals surface area contributed by atoms with Crippen LogP contribution in [0.3, 0.4) is 0 Å². The number of hydrogen-bond donors (Lipinski definition) is 1. The van der Waals surface area contributed by atoms with E-state index in [-0.39, 0.29) is 24.0 Å². The molecule has 4 nitrogen and oxygen atoms in total. The van der Waals surface area contributed by atoms with Crippen LogP contribution in [0.2, 0.25) is 0 Å². The first-order chi connectivity index (χ1) is 16.3. The minimum atomic E-state index is -0.221. The van der Waals surface area contributed by atoms with E-state index in [2.05, 4.69) is 81.2 Å². The van der Waals surface area contributed by atoms with E-state index >= 15 is 0 Å². The van der Waals surface area contributed by atoms with Gasteiger partial charge in [0.1, 0.15) is 5.75 Å². The molecular weight excluding hydrogens is 420 g/mol. The van der Waals surface area contributed by atoms with Crippen molar-refractivity contribution in [3.8, 4) is 5.75 Å². The zero-order valence-corrected chi connectivity index (χ0v) is 20.8. The summed E-state index contributed by atoms with van der Waals surface area (Å²) in [7, 11) is 1.86. The van der Waals surface area contributed by atoms with Crippen molar-refractivity contribution in [1.29, 1.82) is 0 Å². The summed E-state index contributed by atoms with van der Waals surface area (Å²) in [6.07, 6.45) is 2.99. The fraction of sp³-hybridized carbons (Fsp3) is 0.300. The molecule has 0 saturated heterocycles. The second-order valence-corrected chi connectivity index (χ2v) is 9.85.